The van der Waals surface area contributed by atoms with Gasteiger partial charge >= 0.3 is 0 Å². The number of nitrogens with zero attached hydrogens (tertiary/aromatic N) is 5. The molecule has 1 unspecified atom stereocenters. The summed E-state index contributed by atoms with van der Waals surface area (Å²) in [7, 11) is 0. The second-order valence-corrected chi connectivity index (χ2v) is 7.55. The van der Waals surface area contributed by atoms with E-state index in [1.54, 1.807) is 17.7 Å². The Bertz CT molecular complexity index is 892. The minimum Gasteiger partial charge on any atom is -0.344 e. The fourth-order valence-electron chi connectivity index (χ4n) is 3.64. The highest BCUT2D eigenvalue weighted by Gasteiger charge is 2.40. The summed E-state index contributed by atoms with van der Waals surface area (Å²) in [6.45, 7) is 0.929. The Morgan fingerprint density at radius 1 is 1.28 bits per heavy atom. The van der Waals surface area contributed by atoms with Crippen LogP contribution in [0.25, 0.3) is 10.2 Å². The third-order valence-electron chi connectivity index (χ3n) is 5.18. The molecule has 0 radical (unpaired) electrons. The van der Waals surface area contributed by atoms with E-state index in [-0.39, 0.29) is 24.0 Å². The van der Waals surface area contributed by atoms with Gasteiger partial charge in [0.2, 0.25) is 5.89 Å². The van der Waals surface area contributed by atoms with E-state index in [4.69, 9.17) is 10.3 Å². The summed E-state index contributed by atoms with van der Waals surface area (Å²) in [5.41, 5.74) is 5.94. The first kappa shape index (κ1) is 16.7. The number of thiophene rings is 1. The normalized spacial score (nSPS) is 22.0. The highest BCUT2D eigenvalue weighted by atomic mass is 35.5. The maximum atomic E-state index is 6.32. The van der Waals surface area contributed by atoms with Crippen LogP contribution >= 0.6 is 23.7 Å². The predicted molar refractivity (Wildman–Crippen MR) is 98.0 cm³/mol. The first-order valence-corrected chi connectivity index (χ1v) is 9.20. The van der Waals surface area contributed by atoms with Gasteiger partial charge in [-0.15, -0.1) is 23.7 Å². The minimum atomic E-state index is -0.388. The van der Waals surface area contributed by atoms with Crippen molar-refractivity contribution >= 4 is 39.8 Å². The van der Waals surface area contributed by atoms with Gasteiger partial charge in [-0.2, -0.15) is 4.98 Å². The van der Waals surface area contributed by atoms with E-state index in [1.807, 2.05) is 5.38 Å². The van der Waals surface area contributed by atoms with E-state index in [2.05, 4.69) is 31.1 Å². The minimum absolute atomic E-state index is 0. The van der Waals surface area contributed by atoms with Crippen LogP contribution in [0, 0.1) is 0 Å². The van der Waals surface area contributed by atoms with Gasteiger partial charge in [-0.3, -0.25) is 0 Å². The maximum absolute atomic E-state index is 6.32. The monoisotopic (exact) mass is 378 g/mol. The van der Waals surface area contributed by atoms with Crippen molar-refractivity contribution in [3.05, 3.63) is 29.5 Å². The molecular weight excluding hydrogens is 360 g/mol. The molecule has 7 nitrogen and oxygen atoms in total. The smallest absolute Gasteiger partial charge is 0.249 e. The number of nitrogens with two attached hydrogens (primary N) is 1. The number of fused-ring (bicyclic) bond motifs is 1. The van der Waals surface area contributed by atoms with Crippen LogP contribution in [0.3, 0.4) is 0 Å². The molecule has 2 N–H and O–H groups in total. The highest BCUT2D eigenvalue weighted by Crippen LogP contribution is 2.40. The molecule has 5 rings (SSSR count). The molecule has 1 aliphatic heterocycles. The van der Waals surface area contributed by atoms with Crippen molar-refractivity contribution in [2.45, 2.75) is 43.7 Å². The Hall–Kier alpha value is -1.77. The number of hydrogen-bond donors (Lipinski definition) is 1. The third-order valence-corrected chi connectivity index (χ3v) is 6.00. The van der Waals surface area contributed by atoms with Gasteiger partial charge in [0, 0.05) is 6.54 Å². The SMILES string of the molecule is Cl.NC1(c2noc(C3CCCN3c3ncnc4sccc34)n2)CCC1. The fourth-order valence-corrected chi connectivity index (χ4v) is 4.36. The van der Waals surface area contributed by atoms with Gasteiger partial charge in [-0.1, -0.05) is 5.16 Å². The van der Waals surface area contributed by atoms with Crippen LogP contribution in [0.15, 0.2) is 22.3 Å². The van der Waals surface area contributed by atoms with Crippen molar-refractivity contribution in [3.63, 3.8) is 0 Å². The lowest BCUT2D eigenvalue weighted by atomic mass is 9.77. The lowest BCUT2D eigenvalue weighted by Gasteiger charge is -2.34. The van der Waals surface area contributed by atoms with Gasteiger partial charge in [0.05, 0.1) is 10.9 Å². The lowest BCUT2D eigenvalue weighted by molar-refractivity contribution is 0.228. The average Bonchev–Trinajstić information content (AvgIpc) is 3.29. The molecule has 3 aromatic rings. The van der Waals surface area contributed by atoms with Crippen LogP contribution in [0.2, 0.25) is 0 Å². The number of anilines is 1. The molecule has 4 heterocycles. The van der Waals surface area contributed by atoms with Crippen LogP contribution in [0.5, 0.6) is 0 Å². The van der Waals surface area contributed by atoms with E-state index in [0.717, 1.165) is 54.7 Å². The quantitative estimate of drug-likeness (QED) is 0.747. The van der Waals surface area contributed by atoms with Crippen LogP contribution in [-0.4, -0.2) is 26.7 Å². The number of hydrogen-bond acceptors (Lipinski definition) is 8. The molecule has 3 aromatic heterocycles. The van der Waals surface area contributed by atoms with Gasteiger partial charge in [-0.25, -0.2) is 9.97 Å². The molecule has 0 aromatic carbocycles. The lowest BCUT2D eigenvalue weighted by Crippen LogP contribution is -2.44. The summed E-state index contributed by atoms with van der Waals surface area (Å²) in [6, 6.07) is 2.14. The van der Waals surface area contributed by atoms with Crippen LogP contribution < -0.4 is 10.6 Å². The van der Waals surface area contributed by atoms with Gasteiger partial charge in [0.25, 0.3) is 0 Å². The van der Waals surface area contributed by atoms with Crippen molar-refractivity contribution in [1.82, 2.24) is 20.1 Å². The summed E-state index contributed by atoms with van der Waals surface area (Å²) in [6.07, 6.45) is 6.68. The molecule has 1 saturated heterocycles. The Balaban J connectivity index is 0.00000157. The first-order valence-electron chi connectivity index (χ1n) is 8.32. The summed E-state index contributed by atoms with van der Waals surface area (Å²) >= 11 is 1.63. The fraction of sp³-hybridized carbons (Fsp3) is 0.500. The van der Waals surface area contributed by atoms with Gasteiger partial charge < -0.3 is 15.2 Å². The molecule has 0 bridgehead atoms. The summed E-state index contributed by atoms with van der Waals surface area (Å²) in [4.78, 5) is 16.8. The summed E-state index contributed by atoms with van der Waals surface area (Å²) in [5.74, 6) is 2.26. The zero-order valence-electron chi connectivity index (χ0n) is 13.6. The third kappa shape index (κ3) is 2.59. The van der Waals surface area contributed by atoms with Crippen molar-refractivity contribution < 1.29 is 4.52 Å². The molecule has 2 aliphatic rings. The Morgan fingerprint density at radius 3 is 2.96 bits per heavy atom. The highest BCUT2D eigenvalue weighted by molar-refractivity contribution is 7.16. The first-order chi connectivity index (χ1) is 11.7. The van der Waals surface area contributed by atoms with Gasteiger partial charge in [0.1, 0.15) is 23.0 Å². The van der Waals surface area contributed by atoms with E-state index >= 15 is 0 Å². The van der Waals surface area contributed by atoms with Crippen LogP contribution in [0.1, 0.15) is 49.9 Å². The van der Waals surface area contributed by atoms with E-state index in [1.165, 1.54) is 0 Å². The largest absolute Gasteiger partial charge is 0.344 e. The zero-order chi connectivity index (χ0) is 16.1. The molecule has 2 fully saturated rings. The van der Waals surface area contributed by atoms with Crippen molar-refractivity contribution in [2.75, 3.05) is 11.4 Å². The second-order valence-electron chi connectivity index (χ2n) is 6.65. The standard InChI is InChI=1S/C16H18N6OS.ClH/c17-16(5-2-6-16)15-20-13(23-21-15)11-3-1-7-22(11)12-10-4-8-24-14(10)19-9-18-12;/h4,8-9,11H,1-3,5-7,17H2;1H. The Morgan fingerprint density at radius 2 is 2.16 bits per heavy atom. The Kier molecular flexibility index (Phi) is 4.13. The second kappa shape index (κ2) is 6.19. The molecule has 1 saturated carbocycles. The van der Waals surface area contributed by atoms with Gasteiger partial charge in [-0.05, 0) is 43.6 Å². The topological polar surface area (TPSA) is 94.0 Å². The number of rotatable bonds is 3. The number of halogens is 1. The van der Waals surface area contributed by atoms with Crippen LogP contribution in [0.4, 0.5) is 5.82 Å². The molecule has 1 aliphatic carbocycles. The summed E-state index contributed by atoms with van der Waals surface area (Å²) < 4.78 is 5.59. The van der Waals surface area contributed by atoms with Crippen molar-refractivity contribution in [3.8, 4) is 0 Å². The molecular formula is C16H19ClN6OS. The summed E-state index contributed by atoms with van der Waals surface area (Å²) in [5, 5.41) is 7.30. The molecule has 9 heteroatoms. The van der Waals surface area contributed by atoms with Crippen molar-refractivity contribution in [1.29, 1.82) is 0 Å². The van der Waals surface area contributed by atoms with Crippen molar-refractivity contribution in [2.24, 2.45) is 5.73 Å². The van der Waals surface area contributed by atoms with Crippen LogP contribution in [-0.2, 0) is 5.54 Å². The Labute approximate surface area is 155 Å². The van der Waals surface area contributed by atoms with E-state index in [9.17, 15) is 0 Å². The molecule has 132 valence electrons. The van der Waals surface area contributed by atoms with E-state index in [0.29, 0.717) is 11.7 Å². The molecule has 25 heavy (non-hydrogen) atoms. The maximum Gasteiger partial charge on any atom is 0.249 e. The molecule has 0 amide bonds. The number of aromatic nitrogens is 4. The van der Waals surface area contributed by atoms with E-state index < -0.39 is 0 Å². The molecule has 1 atom stereocenters. The average molecular weight is 379 g/mol. The zero-order valence-corrected chi connectivity index (χ0v) is 15.2. The van der Waals surface area contributed by atoms with Gasteiger partial charge in [0.15, 0.2) is 5.82 Å². The predicted octanol–water partition coefficient (Wildman–Crippen LogP) is 3.18. The molecule has 0 spiro atoms.